The summed E-state index contributed by atoms with van der Waals surface area (Å²) in [6.07, 6.45) is 1.65. The Hall–Kier alpha value is -2.64. The van der Waals surface area contributed by atoms with E-state index in [0.717, 1.165) is 15.6 Å². The number of carbonyl (C=O) groups excluding carboxylic acids is 2. The van der Waals surface area contributed by atoms with Crippen LogP contribution in [0.25, 0.3) is 6.08 Å². The van der Waals surface area contributed by atoms with Crippen LogP contribution in [0.3, 0.4) is 0 Å². The van der Waals surface area contributed by atoms with E-state index in [1.54, 1.807) is 38.1 Å². The number of fused-ring (bicyclic) bond motifs is 2. The average Bonchev–Trinajstić information content (AvgIpc) is 2.96. The Morgan fingerprint density at radius 1 is 1.25 bits per heavy atom. The van der Waals surface area contributed by atoms with Crippen molar-refractivity contribution in [1.82, 2.24) is 0 Å². The first-order chi connectivity index (χ1) is 13.4. The van der Waals surface area contributed by atoms with Crippen LogP contribution in [0.2, 0.25) is 0 Å². The maximum atomic E-state index is 12.7. The predicted molar refractivity (Wildman–Crippen MR) is 104 cm³/mol. The zero-order valence-electron chi connectivity index (χ0n) is 15.3. The second-order valence-corrected chi connectivity index (χ2v) is 7.68. The van der Waals surface area contributed by atoms with Crippen LogP contribution >= 0.6 is 15.9 Å². The van der Waals surface area contributed by atoms with Gasteiger partial charge in [0.2, 0.25) is 5.78 Å². The molecular weight excluding hydrogens is 428 g/mol. The van der Waals surface area contributed by atoms with Gasteiger partial charge < -0.3 is 18.9 Å². The van der Waals surface area contributed by atoms with Crippen LogP contribution in [0.4, 0.5) is 0 Å². The summed E-state index contributed by atoms with van der Waals surface area (Å²) in [4.78, 5) is 24.5. The largest absolute Gasteiger partial charge is 0.467 e. The molecule has 4 rings (SSSR count). The maximum absolute atomic E-state index is 12.7. The highest BCUT2D eigenvalue weighted by atomic mass is 79.9. The van der Waals surface area contributed by atoms with E-state index in [0.29, 0.717) is 29.4 Å². The summed E-state index contributed by atoms with van der Waals surface area (Å²) in [6.45, 7) is 4.10. The van der Waals surface area contributed by atoms with Gasteiger partial charge in [0.05, 0.1) is 18.1 Å². The number of hydrogen-bond donors (Lipinski definition) is 0. The highest BCUT2D eigenvalue weighted by Gasteiger charge is 2.29. The molecule has 0 bridgehead atoms. The molecule has 144 valence electrons. The second kappa shape index (κ2) is 7.41. The Morgan fingerprint density at radius 2 is 2.07 bits per heavy atom. The van der Waals surface area contributed by atoms with Gasteiger partial charge in [0.15, 0.2) is 12.6 Å². The minimum atomic E-state index is -0.347. The van der Waals surface area contributed by atoms with E-state index in [-0.39, 0.29) is 30.2 Å². The monoisotopic (exact) mass is 444 g/mol. The van der Waals surface area contributed by atoms with E-state index in [9.17, 15) is 9.59 Å². The lowest BCUT2D eigenvalue weighted by Crippen LogP contribution is -2.14. The molecule has 2 aromatic rings. The van der Waals surface area contributed by atoms with Gasteiger partial charge in [0.1, 0.15) is 17.2 Å². The molecule has 0 amide bonds. The number of Topliss-reactive ketones (excluding diaryl/α,β-unsaturated/α-hetero) is 1. The summed E-state index contributed by atoms with van der Waals surface area (Å²) in [5, 5.41) is 0. The molecule has 0 N–H and O–H groups in total. The first-order valence-corrected chi connectivity index (χ1v) is 9.54. The zero-order valence-corrected chi connectivity index (χ0v) is 16.9. The van der Waals surface area contributed by atoms with E-state index in [2.05, 4.69) is 15.9 Å². The van der Waals surface area contributed by atoms with Crippen LogP contribution in [0.15, 0.2) is 40.6 Å². The van der Waals surface area contributed by atoms with Gasteiger partial charge in [-0.25, -0.2) is 0 Å². The number of ketones is 1. The van der Waals surface area contributed by atoms with E-state index < -0.39 is 0 Å². The van der Waals surface area contributed by atoms with Crippen LogP contribution in [0.5, 0.6) is 17.2 Å². The Bertz CT molecular complexity index is 1010. The fourth-order valence-electron chi connectivity index (χ4n) is 2.92. The molecule has 0 saturated carbocycles. The minimum absolute atomic E-state index is 0.157. The molecule has 28 heavy (non-hydrogen) atoms. The third-order valence-electron chi connectivity index (χ3n) is 4.32. The Balaban J connectivity index is 1.65. The van der Waals surface area contributed by atoms with Crippen molar-refractivity contribution in [3.05, 3.63) is 57.3 Å². The normalized spacial score (nSPS) is 16.4. The van der Waals surface area contributed by atoms with Gasteiger partial charge in [0, 0.05) is 21.7 Å². The highest BCUT2D eigenvalue weighted by molar-refractivity contribution is 9.10. The van der Waals surface area contributed by atoms with Crippen molar-refractivity contribution in [3.8, 4) is 17.2 Å². The van der Waals surface area contributed by atoms with Crippen molar-refractivity contribution in [3.63, 3.8) is 0 Å². The lowest BCUT2D eigenvalue weighted by atomic mass is 10.1. The number of rotatable bonds is 3. The van der Waals surface area contributed by atoms with Gasteiger partial charge in [-0.3, -0.25) is 9.59 Å². The molecule has 7 heteroatoms. The van der Waals surface area contributed by atoms with Crippen molar-refractivity contribution in [2.24, 2.45) is 5.92 Å². The SMILES string of the molecule is CC(C)C(=O)Oc1ccc2c(c1)O/C(=C\c1cc(Br)cc3c1OCOC3)C2=O. The van der Waals surface area contributed by atoms with Crippen molar-refractivity contribution in [2.75, 3.05) is 6.79 Å². The lowest BCUT2D eigenvalue weighted by molar-refractivity contribution is -0.137. The fourth-order valence-corrected chi connectivity index (χ4v) is 3.44. The molecular formula is C21H17BrO6. The molecule has 0 saturated heterocycles. The molecule has 0 radical (unpaired) electrons. The van der Waals surface area contributed by atoms with Gasteiger partial charge >= 0.3 is 5.97 Å². The number of halogens is 1. The maximum Gasteiger partial charge on any atom is 0.313 e. The topological polar surface area (TPSA) is 71.1 Å². The first kappa shape index (κ1) is 18.7. The van der Waals surface area contributed by atoms with Crippen molar-refractivity contribution < 1.29 is 28.5 Å². The summed E-state index contributed by atoms with van der Waals surface area (Å²) in [6, 6.07) is 8.51. The number of carbonyl (C=O) groups is 2. The van der Waals surface area contributed by atoms with Crippen molar-refractivity contribution in [2.45, 2.75) is 20.5 Å². The molecule has 2 aliphatic rings. The third kappa shape index (κ3) is 3.55. The molecule has 0 aliphatic carbocycles. The van der Waals surface area contributed by atoms with Gasteiger partial charge in [-0.05, 0) is 30.3 Å². The average molecular weight is 445 g/mol. The summed E-state index contributed by atoms with van der Waals surface area (Å²) in [5.41, 5.74) is 2.03. The van der Waals surface area contributed by atoms with Crippen molar-refractivity contribution in [1.29, 1.82) is 0 Å². The molecule has 0 fully saturated rings. The number of esters is 1. The van der Waals surface area contributed by atoms with Crippen molar-refractivity contribution >= 4 is 33.8 Å². The standard InChI is InChI=1S/C21H17BrO6/c1-11(2)21(24)27-15-3-4-16-17(8-15)28-18(19(16)23)7-12-5-14(22)6-13-9-25-10-26-20(12)13/h3-8,11H,9-10H2,1-2H3/b18-7-. The number of allylic oxidation sites excluding steroid dienone is 1. The Kier molecular flexibility index (Phi) is 4.95. The molecule has 0 spiro atoms. The van der Waals surface area contributed by atoms with Gasteiger partial charge in [-0.2, -0.15) is 0 Å². The van der Waals surface area contributed by atoms with E-state index in [1.165, 1.54) is 0 Å². The number of hydrogen-bond acceptors (Lipinski definition) is 6. The fraction of sp³-hybridized carbons (Fsp3) is 0.238. The molecule has 2 heterocycles. The van der Waals surface area contributed by atoms with E-state index >= 15 is 0 Å². The highest BCUT2D eigenvalue weighted by Crippen LogP contribution is 2.38. The molecule has 2 aliphatic heterocycles. The van der Waals surface area contributed by atoms with Crippen LogP contribution in [-0.4, -0.2) is 18.5 Å². The van der Waals surface area contributed by atoms with Crippen LogP contribution in [0, 0.1) is 5.92 Å². The van der Waals surface area contributed by atoms with Gasteiger partial charge in [0.25, 0.3) is 0 Å². The van der Waals surface area contributed by atoms with Crippen LogP contribution < -0.4 is 14.2 Å². The van der Waals surface area contributed by atoms with E-state index in [1.807, 2.05) is 12.1 Å². The van der Waals surface area contributed by atoms with Crippen LogP contribution in [-0.2, 0) is 16.1 Å². The molecule has 0 unspecified atom stereocenters. The molecule has 2 aromatic carbocycles. The Morgan fingerprint density at radius 3 is 2.86 bits per heavy atom. The summed E-state index contributed by atoms with van der Waals surface area (Å²) in [5.74, 6) is 0.708. The third-order valence-corrected chi connectivity index (χ3v) is 4.78. The zero-order chi connectivity index (χ0) is 19.8. The summed E-state index contributed by atoms with van der Waals surface area (Å²) < 4.78 is 22.8. The second-order valence-electron chi connectivity index (χ2n) is 6.77. The number of ether oxygens (including phenoxy) is 4. The van der Waals surface area contributed by atoms with Gasteiger partial charge in [-0.15, -0.1) is 0 Å². The summed E-state index contributed by atoms with van der Waals surface area (Å²) in [7, 11) is 0. The minimum Gasteiger partial charge on any atom is -0.467 e. The Labute approximate surface area is 170 Å². The lowest BCUT2D eigenvalue weighted by Gasteiger charge is -2.20. The smallest absolute Gasteiger partial charge is 0.313 e. The molecule has 6 nitrogen and oxygen atoms in total. The predicted octanol–water partition coefficient (Wildman–Crippen LogP) is 4.49. The van der Waals surface area contributed by atoms with Gasteiger partial charge in [-0.1, -0.05) is 29.8 Å². The quantitative estimate of drug-likeness (QED) is 0.394. The molecule has 0 aromatic heterocycles. The van der Waals surface area contributed by atoms with Crippen LogP contribution in [0.1, 0.15) is 35.3 Å². The summed E-state index contributed by atoms with van der Waals surface area (Å²) >= 11 is 3.46. The first-order valence-electron chi connectivity index (χ1n) is 8.75. The van der Waals surface area contributed by atoms with E-state index in [4.69, 9.17) is 18.9 Å². The molecule has 0 atom stereocenters. The number of benzene rings is 2.